The van der Waals surface area contributed by atoms with E-state index in [1.165, 1.54) is 19.3 Å². The number of carbonyl (C=O) groups excluding carboxylic acids is 2. The van der Waals surface area contributed by atoms with Gasteiger partial charge in [-0.2, -0.15) is 0 Å². The van der Waals surface area contributed by atoms with Crippen molar-refractivity contribution in [1.29, 1.82) is 0 Å². The molecule has 12 heteroatoms. The number of nitrogens with zero attached hydrogens (tertiary/aromatic N) is 1. The minimum Gasteiger partial charge on any atom is -0.462 e. The lowest BCUT2D eigenvalue weighted by molar-refractivity contribution is -0.870. The van der Waals surface area contributed by atoms with Crippen molar-refractivity contribution in [3.63, 3.8) is 0 Å². The molecule has 0 aliphatic rings. The van der Waals surface area contributed by atoms with Crippen LogP contribution >= 0.6 is 7.82 Å². The summed E-state index contributed by atoms with van der Waals surface area (Å²) in [5.74, 6) is -1.05. The molecule has 0 aliphatic heterocycles. The first-order chi connectivity index (χ1) is 29.8. The summed E-state index contributed by atoms with van der Waals surface area (Å²) in [6.07, 6.45) is 49.1. The van der Waals surface area contributed by atoms with E-state index in [1.807, 2.05) is 70.6 Å². The number of quaternary nitrogens is 1. The number of unbranched alkanes of at least 4 members (excludes halogenated alkanes) is 4. The zero-order valence-electron chi connectivity index (χ0n) is 38.5. The molecule has 0 amide bonds. The molecule has 350 valence electrons. The first-order valence-electron chi connectivity index (χ1n) is 22.5. The van der Waals surface area contributed by atoms with Crippen LogP contribution in [0.25, 0.3) is 0 Å². The van der Waals surface area contributed by atoms with Gasteiger partial charge in [0.1, 0.15) is 19.8 Å². The summed E-state index contributed by atoms with van der Waals surface area (Å²) in [4.78, 5) is 35.4. The number of phosphoric acid groups is 1. The van der Waals surface area contributed by atoms with Gasteiger partial charge in [0.25, 0.3) is 0 Å². The maximum Gasteiger partial charge on any atom is 0.472 e. The van der Waals surface area contributed by atoms with Gasteiger partial charge < -0.3 is 29.1 Å². The van der Waals surface area contributed by atoms with E-state index >= 15 is 0 Å². The first kappa shape index (κ1) is 58.3. The number of hydrogen-bond donors (Lipinski definition) is 3. The average molecular weight is 887 g/mol. The summed E-state index contributed by atoms with van der Waals surface area (Å²) >= 11 is 0. The Morgan fingerprint density at radius 3 is 1.66 bits per heavy atom. The van der Waals surface area contributed by atoms with Crippen LogP contribution in [0.4, 0.5) is 0 Å². The Bertz CT molecular complexity index is 1500. The van der Waals surface area contributed by atoms with Gasteiger partial charge in [0, 0.05) is 12.8 Å². The van der Waals surface area contributed by atoms with Gasteiger partial charge in [0.05, 0.1) is 40.0 Å². The van der Waals surface area contributed by atoms with Crippen molar-refractivity contribution >= 4 is 19.8 Å². The molecule has 0 saturated carbocycles. The van der Waals surface area contributed by atoms with E-state index in [4.69, 9.17) is 18.5 Å². The van der Waals surface area contributed by atoms with E-state index in [0.717, 1.165) is 32.1 Å². The van der Waals surface area contributed by atoms with E-state index in [9.17, 15) is 29.3 Å². The van der Waals surface area contributed by atoms with Crippen LogP contribution in [0.3, 0.4) is 0 Å². The molecule has 0 saturated heterocycles. The van der Waals surface area contributed by atoms with Crippen molar-refractivity contribution in [1.82, 2.24) is 0 Å². The Morgan fingerprint density at radius 2 is 1.11 bits per heavy atom. The fraction of sp³-hybridized carbons (Fsp3) is 0.560. The normalized spacial score (nSPS) is 15.7. The largest absolute Gasteiger partial charge is 0.472 e. The predicted octanol–water partition coefficient (Wildman–Crippen LogP) is 10.8. The summed E-state index contributed by atoms with van der Waals surface area (Å²) in [5.41, 5.74) is 0. The molecule has 0 rings (SSSR count). The van der Waals surface area contributed by atoms with Crippen LogP contribution in [0, 0.1) is 0 Å². The van der Waals surface area contributed by atoms with Gasteiger partial charge >= 0.3 is 19.8 Å². The molecule has 0 bridgehead atoms. The molecular formula is C50H81NO10P+. The number of phosphoric ester groups is 1. The smallest absolute Gasteiger partial charge is 0.462 e. The second kappa shape index (κ2) is 40.1. The molecule has 11 nitrogen and oxygen atoms in total. The Labute approximate surface area is 374 Å². The van der Waals surface area contributed by atoms with E-state index in [2.05, 4.69) is 49.5 Å². The lowest BCUT2D eigenvalue weighted by atomic mass is 10.2. The van der Waals surface area contributed by atoms with Crippen molar-refractivity contribution in [3.05, 3.63) is 122 Å². The number of ether oxygens (including phenoxy) is 2. The number of aliphatic hydroxyl groups is 2. The van der Waals surface area contributed by atoms with Gasteiger partial charge in [-0.15, -0.1) is 0 Å². The molecular weight excluding hydrogens is 806 g/mol. The molecule has 0 radical (unpaired) electrons. The third kappa shape index (κ3) is 43.0. The third-order valence-corrected chi connectivity index (χ3v) is 9.64. The quantitative estimate of drug-likeness (QED) is 0.0137. The fourth-order valence-electron chi connectivity index (χ4n) is 5.09. The summed E-state index contributed by atoms with van der Waals surface area (Å²) in [5, 5.41) is 20.0. The highest BCUT2D eigenvalue weighted by molar-refractivity contribution is 7.47. The van der Waals surface area contributed by atoms with E-state index in [0.29, 0.717) is 49.6 Å². The number of allylic oxidation sites excluding steroid dienone is 16. The molecule has 3 N–H and O–H groups in total. The van der Waals surface area contributed by atoms with Gasteiger partial charge in [-0.3, -0.25) is 18.6 Å². The van der Waals surface area contributed by atoms with Gasteiger partial charge in [-0.25, -0.2) is 4.57 Å². The van der Waals surface area contributed by atoms with Crippen LogP contribution in [0.2, 0.25) is 0 Å². The number of hydrogen-bond acceptors (Lipinski definition) is 9. The van der Waals surface area contributed by atoms with Crippen LogP contribution in [-0.2, 0) is 32.7 Å². The van der Waals surface area contributed by atoms with Crippen molar-refractivity contribution in [2.45, 2.75) is 135 Å². The SMILES string of the molecule is CC/C=C\C[C@@H](O)/C=C/C=C\C=C\[C@@H](O)C/C=C\C/C=C\CCC(=O)OC[C@H](COP(=O)(O)OCC[N+](C)(C)C)OC(=O)CCC/C=C\C/C=C\C/C=C\C/C=C\CCCCC. The van der Waals surface area contributed by atoms with Crippen LogP contribution < -0.4 is 0 Å². The second-order valence-corrected chi connectivity index (χ2v) is 17.2. The summed E-state index contributed by atoms with van der Waals surface area (Å²) in [7, 11) is 1.32. The standard InChI is InChI=1S/C50H80NO10P/c1-6-8-10-11-12-13-14-15-16-17-18-19-20-21-22-27-35-41-50(55)61-48(45-60-62(56,57)59-43-42-51(3,4)5)44-58-49(54)40-34-26-24-23-25-31-37-47(53)39-33-29-28-32-38-46(52)36-30-9-7-2/h9,12-13,15-16,18-19,21-22,24-26,28-33,38-39,46-48,52-53H,6-8,10-11,14,17,20,23,27,34-37,40-45H2,1-5H3/p+1/b13-12-,16-15-,19-18-,22-21-,26-24-,29-28-,30-9-,31-25-,38-32+,39-33+/t46-,47+,48-/m1/s1. The van der Waals surface area contributed by atoms with E-state index in [-0.39, 0.29) is 26.1 Å². The monoisotopic (exact) mass is 887 g/mol. The number of carbonyl (C=O) groups is 2. The van der Waals surface area contributed by atoms with Crippen LogP contribution in [0.15, 0.2) is 122 Å². The van der Waals surface area contributed by atoms with E-state index < -0.39 is 44.7 Å². The molecule has 0 aromatic heterocycles. The molecule has 0 aliphatic carbocycles. The highest BCUT2D eigenvalue weighted by Crippen LogP contribution is 2.43. The molecule has 1 unspecified atom stereocenters. The Balaban J connectivity index is 4.70. The maximum absolute atomic E-state index is 12.7. The predicted molar refractivity (Wildman–Crippen MR) is 254 cm³/mol. The highest BCUT2D eigenvalue weighted by Gasteiger charge is 2.27. The fourth-order valence-corrected chi connectivity index (χ4v) is 5.83. The third-order valence-electron chi connectivity index (χ3n) is 8.66. The summed E-state index contributed by atoms with van der Waals surface area (Å²) in [6.45, 7) is 3.90. The zero-order valence-corrected chi connectivity index (χ0v) is 39.4. The molecule has 0 aromatic rings. The first-order valence-corrected chi connectivity index (χ1v) is 24.0. The molecule has 0 heterocycles. The topological polar surface area (TPSA) is 149 Å². The van der Waals surface area contributed by atoms with Crippen molar-refractivity contribution in [2.75, 3.05) is 47.5 Å². The number of esters is 2. The van der Waals surface area contributed by atoms with Crippen LogP contribution in [0.5, 0.6) is 0 Å². The zero-order chi connectivity index (χ0) is 46.0. The minimum absolute atomic E-state index is 0.0154. The van der Waals surface area contributed by atoms with E-state index in [1.54, 1.807) is 36.5 Å². The summed E-state index contributed by atoms with van der Waals surface area (Å²) in [6, 6.07) is 0. The van der Waals surface area contributed by atoms with Crippen molar-refractivity contribution in [3.8, 4) is 0 Å². The van der Waals surface area contributed by atoms with Crippen LogP contribution in [0.1, 0.15) is 117 Å². The second-order valence-electron chi connectivity index (χ2n) is 15.7. The van der Waals surface area contributed by atoms with Crippen molar-refractivity contribution in [2.24, 2.45) is 0 Å². The summed E-state index contributed by atoms with van der Waals surface area (Å²) < 4.78 is 34.1. The van der Waals surface area contributed by atoms with Gasteiger partial charge in [0.2, 0.25) is 0 Å². The van der Waals surface area contributed by atoms with Gasteiger partial charge in [-0.05, 0) is 77.0 Å². The number of aliphatic hydroxyl groups excluding tert-OH is 2. The molecule has 62 heavy (non-hydrogen) atoms. The molecule has 4 atom stereocenters. The Hall–Kier alpha value is -3.67. The van der Waals surface area contributed by atoms with Crippen LogP contribution in [-0.4, -0.2) is 97.3 Å². The minimum atomic E-state index is -4.44. The lowest BCUT2D eigenvalue weighted by Gasteiger charge is -2.24. The highest BCUT2D eigenvalue weighted by atomic mass is 31.2. The lowest BCUT2D eigenvalue weighted by Crippen LogP contribution is -2.37. The van der Waals surface area contributed by atoms with Gasteiger partial charge in [0.15, 0.2) is 6.10 Å². The Morgan fingerprint density at radius 1 is 0.597 bits per heavy atom. The van der Waals surface area contributed by atoms with Crippen molar-refractivity contribution < 1.29 is 52.3 Å². The molecule has 0 fully saturated rings. The number of rotatable bonds is 38. The maximum atomic E-state index is 12.7. The number of likely N-dealkylation sites (N-methyl/N-ethyl adjacent to an activating group) is 1. The Kier molecular flexibility index (Phi) is 37.8. The average Bonchev–Trinajstić information content (AvgIpc) is 3.21. The van der Waals surface area contributed by atoms with Gasteiger partial charge in [-0.1, -0.05) is 148 Å². The molecule has 0 aromatic carbocycles. The molecule has 0 spiro atoms.